The molecule has 0 amide bonds. The number of hydrogen-bond donors (Lipinski definition) is 1. The number of nitrogens with one attached hydrogen (secondary N) is 1. The zero-order valence-electron chi connectivity index (χ0n) is 11.4. The Kier molecular flexibility index (Phi) is 3.51. The number of nitrogens with zero attached hydrogens (tertiary/aromatic N) is 1. The van der Waals surface area contributed by atoms with Crippen LogP contribution in [0.2, 0.25) is 0 Å². The Balaban J connectivity index is 2.03. The minimum absolute atomic E-state index is 0.0152. The number of H-pyrrole nitrogens is 1. The molecule has 0 bridgehead atoms. The van der Waals surface area contributed by atoms with Gasteiger partial charge in [-0.1, -0.05) is 6.07 Å². The number of aromatic nitrogens is 1. The van der Waals surface area contributed by atoms with Crippen LogP contribution in [-0.4, -0.2) is 17.0 Å². The van der Waals surface area contributed by atoms with Crippen LogP contribution in [0.15, 0.2) is 53.6 Å². The number of thioether (sulfide) groups is 1. The Morgan fingerprint density at radius 1 is 1.19 bits per heavy atom. The zero-order valence-corrected chi connectivity index (χ0v) is 12.2. The van der Waals surface area contributed by atoms with Gasteiger partial charge in [-0.2, -0.15) is 5.26 Å². The molecular formula is C17H12N2OS. The van der Waals surface area contributed by atoms with E-state index in [4.69, 9.17) is 5.26 Å². The molecule has 0 spiro atoms. The molecule has 0 unspecified atom stereocenters. The van der Waals surface area contributed by atoms with Crippen LogP contribution in [0.5, 0.6) is 0 Å². The highest BCUT2D eigenvalue weighted by molar-refractivity contribution is 7.98. The van der Waals surface area contributed by atoms with E-state index in [1.165, 1.54) is 0 Å². The number of carbonyl (C=O) groups is 1. The van der Waals surface area contributed by atoms with E-state index in [-0.39, 0.29) is 5.78 Å². The highest BCUT2D eigenvalue weighted by Crippen LogP contribution is 2.23. The smallest absolute Gasteiger partial charge is 0.195 e. The van der Waals surface area contributed by atoms with E-state index in [1.54, 1.807) is 30.1 Å². The second kappa shape index (κ2) is 5.47. The third kappa shape index (κ3) is 2.44. The highest BCUT2D eigenvalue weighted by Gasteiger charge is 2.14. The molecule has 0 aliphatic rings. The molecule has 1 aromatic heterocycles. The molecule has 3 aromatic rings. The van der Waals surface area contributed by atoms with E-state index in [2.05, 4.69) is 11.1 Å². The molecule has 2 aromatic carbocycles. The number of fused-ring (bicyclic) bond motifs is 1. The number of benzene rings is 2. The van der Waals surface area contributed by atoms with Crippen molar-refractivity contribution < 1.29 is 4.79 Å². The number of aromatic amines is 1. The van der Waals surface area contributed by atoms with Gasteiger partial charge in [-0.3, -0.25) is 4.79 Å². The van der Waals surface area contributed by atoms with Crippen molar-refractivity contribution in [1.82, 2.24) is 4.98 Å². The van der Waals surface area contributed by atoms with Crippen LogP contribution in [0.4, 0.5) is 0 Å². The highest BCUT2D eigenvalue weighted by atomic mass is 32.2. The average molecular weight is 292 g/mol. The molecule has 0 aliphatic heterocycles. The van der Waals surface area contributed by atoms with Crippen molar-refractivity contribution in [3.8, 4) is 6.07 Å². The number of carbonyl (C=O) groups excluding carboxylic acids is 1. The van der Waals surface area contributed by atoms with Gasteiger partial charge in [0, 0.05) is 33.1 Å². The quantitative estimate of drug-likeness (QED) is 0.586. The van der Waals surface area contributed by atoms with Crippen LogP contribution in [0.1, 0.15) is 21.5 Å². The van der Waals surface area contributed by atoms with Crippen LogP contribution in [0.3, 0.4) is 0 Å². The minimum atomic E-state index is -0.0152. The summed E-state index contributed by atoms with van der Waals surface area (Å²) < 4.78 is 0. The summed E-state index contributed by atoms with van der Waals surface area (Å²) in [4.78, 5) is 16.8. The molecule has 1 N–H and O–H groups in total. The van der Waals surface area contributed by atoms with Crippen molar-refractivity contribution in [1.29, 1.82) is 5.26 Å². The standard InChI is InChI=1S/C17H12N2OS/c1-21-13-5-3-12(4-6-13)17(20)15-10-19-16-8-11(9-18)2-7-14(15)16/h2-8,10,19H,1H3. The van der Waals surface area contributed by atoms with Crippen molar-refractivity contribution in [2.24, 2.45) is 0 Å². The largest absolute Gasteiger partial charge is 0.360 e. The van der Waals surface area contributed by atoms with Crippen molar-refractivity contribution in [3.63, 3.8) is 0 Å². The summed E-state index contributed by atoms with van der Waals surface area (Å²) in [5, 5.41) is 9.75. The molecule has 0 saturated heterocycles. The van der Waals surface area contributed by atoms with E-state index >= 15 is 0 Å². The summed E-state index contributed by atoms with van der Waals surface area (Å²) >= 11 is 1.65. The van der Waals surface area contributed by atoms with Crippen LogP contribution < -0.4 is 0 Å². The second-order valence-corrected chi connectivity index (χ2v) is 5.51. The number of hydrogen-bond acceptors (Lipinski definition) is 3. The summed E-state index contributed by atoms with van der Waals surface area (Å²) in [6, 6.07) is 15.0. The lowest BCUT2D eigenvalue weighted by Crippen LogP contribution is -1.99. The first-order chi connectivity index (χ1) is 10.2. The number of rotatable bonds is 3. The fourth-order valence-electron chi connectivity index (χ4n) is 2.28. The summed E-state index contributed by atoms with van der Waals surface area (Å²) in [7, 11) is 0. The topological polar surface area (TPSA) is 56.6 Å². The monoisotopic (exact) mass is 292 g/mol. The van der Waals surface area contributed by atoms with E-state index < -0.39 is 0 Å². The van der Waals surface area contributed by atoms with E-state index in [1.807, 2.05) is 36.6 Å². The Bertz CT molecular complexity index is 857. The SMILES string of the molecule is CSc1ccc(C(=O)c2c[nH]c3cc(C#N)ccc23)cc1. The van der Waals surface area contributed by atoms with Gasteiger partial charge in [0.2, 0.25) is 0 Å². The molecule has 0 saturated carbocycles. The first kappa shape index (κ1) is 13.5. The van der Waals surface area contributed by atoms with E-state index in [9.17, 15) is 4.79 Å². The average Bonchev–Trinajstić information content (AvgIpc) is 2.97. The summed E-state index contributed by atoms with van der Waals surface area (Å²) in [5.74, 6) is -0.0152. The first-order valence-electron chi connectivity index (χ1n) is 6.43. The number of nitriles is 1. The Hall–Kier alpha value is -2.51. The maximum atomic E-state index is 12.6. The summed E-state index contributed by atoms with van der Waals surface area (Å²) in [6.45, 7) is 0. The maximum Gasteiger partial charge on any atom is 0.195 e. The zero-order chi connectivity index (χ0) is 14.8. The van der Waals surface area contributed by atoms with Gasteiger partial charge in [0.15, 0.2) is 5.78 Å². The molecule has 4 heteroatoms. The lowest BCUT2D eigenvalue weighted by molar-refractivity contribution is 0.104. The minimum Gasteiger partial charge on any atom is -0.360 e. The Labute approximate surface area is 126 Å². The maximum absolute atomic E-state index is 12.6. The van der Waals surface area contributed by atoms with E-state index in [0.29, 0.717) is 16.7 Å². The van der Waals surface area contributed by atoms with Gasteiger partial charge in [-0.05, 0) is 42.7 Å². The fourth-order valence-corrected chi connectivity index (χ4v) is 2.69. The molecule has 0 aliphatic carbocycles. The van der Waals surface area contributed by atoms with E-state index in [0.717, 1.165) is 15.8 Å². The Morgan fingerprint density at radius 3 is 2.62 bits per heavy atom. The molecule has 102 valence electrons. The van der Waals surface area contributed by atoms with Crippen molar-refractivity contribution in [3.05, 3.63) is 65.4 Å². The van der Waals surface area contributed by atoms with Gasteiger partial charge in [0.05, 0.1) is 11.6 Å². The third-order valence-corrected chi connectivity index (χ3v) is 4.15. The van der Waals surface area contributed by atoms with Gasteiger partial charge >= 0.3 is 0 Å². The molecular weight excluding hydrogens is 280 g/mol. The predicted octanol–water partition coefficient (Wildman–Crippen LogP) is 3.99. The molecule has 1 heterocycles. The van der Waals surface area contributed by atoms with Gasteiger partial charge in [-0.25, -0.2) is 0 Å². The van der Waals surface area contributed by atoms with Crippen LogP contribution in [0.25, 0.3) is 10.9 Å². The summed E-state index contributed by atoms with van der Waals surface area (Å²) in [5.41, 5.74) is 2.68. The van der Waals surface area contributed by atoms with Gasteiger partial charge < -0.3 is 4.98 Å². The van der Waals surface area contributed by atoms with Gasteiger partial charge in [0.1, 0.15) is 0 Å². The molecule has 3 rings (SSSR count). The predicted molar refractivity (Wildman–Crippen MR) is 84.7 cm³/mol. The van der Waals surface area contributed by atoms with Crippen molar-refractivity contribution in [2.75, 3.05) is 6.26 Å². The lowest BCUT2D eigenvalue weighted by atomic mass is 10.0. The molecule has 0 radical (unpaired) electrons. The van der Waals surface area contributed by atoms with Gasteiger partial charge in [-0.15, -0.1) is 11.8 Å². The second-order valence-electron chi connectivity index (χ2n) is 4.63. The fraction of sp³-hybridized carbons (Fsp3) is 0.0588. The van der Waals surface area contributed by atoms with Crippen molar-refractivity contribution >= 4 is 28.4 Å². The first-order valence-corrected chi connectivity index (χ1v) is 7.65. The molecule has 0 atom stereocenters. The third-order valence-electron chi connectivity index (χ3n) is 3.41. The molecule has 0 fully saturated rings. The number of ketones is 1. The molecule has 3 nitrogen and oxygen atoms in total. The van der Waals surface area contributed by atoms with Gasteiger partial charge in [0.25, 0.3) is 0 Å². The Morgan fingerprint density at radius 2 is 1.95 bits per heavy atom. The normalized spacial score (nSPS) is 10.5. The lowest BCUT2D eigenvalue weighted by Gasteiger charge is -2.01. The van der Waals surface area contributed by atoms with Crippen molar-refractivity contribution in [2.45, 2.75) is 4.90 Å². The molecule has 21 heavy (non-hydrogen) atoms. The van der Waals surface area contributed by atoms with Crippen LogP contribution in [-0.2, 0) is 0 Å². The summed E-state index contributed by atoms with van der Waals surface area (Å²) in [6.07, 6.45) is 3.71. The van der Waals surface area contributed by atoms with Crippen LogP contribution in [0, 0.1) is 11.3 Å². The van der Waals surface area contributed by atoms with Crippen LogP contribution >= 0.6 is 11.8 Å².